The number of methoxy groups -OCH3 is 1. The highest BCUT2D eigenvalue weighted by molar-refractivity contribution is 6.39. The van der Waals surface area contributed by atoms with Crippen molar-refractivity contribution in [2.45, 2.75) is 56.8 Å². The second kappa shape index (κ2) is 7.07. The number of nitrogens with zero attached hydrogens (tertiary/aromatic N) is 1. The second-order valence-electron chi connectivity index (χ2n) is 8.10. The standard InChI is InChI=1S/C21H23Cl2NO3/c1-25-17-8-13-7-12(17)9-18(13)26-10-14-20(24-27-21(14)11-5-6-11)19-15(22)3-2-4-16(19)23/h2-4,11-13,17-18H,5-10H2,1H3/t12?,13?,17?,18-/m0/s1. The van der Waals surface area contributed by atoms with Gasteiger partial charge in [-0.3, -0.25) is 0 Å². The van der Waals surface area contributed by atoms with E-state index in [1.807, 2.05) is 25.3 Å². The van der Waals surface area contributed by atoms with E-state index in [4.69, 9.17) is 37.2 Å². The Morgan fingerprint density at radius 1 is 1.07 bits per heavy atom. The predicted molar refractivity (Wildman–Crippen MR) is 104 cm³/mol. The first-order chi connectivity index (χ1) is 13.2. The van der Waals surface area contributed by atoms with Gasteiger partial charge in [0.15, 0.2) is 0 Å². The number of halogens is 2. The molecule has 0 radical (unpaired) electrons. The third-order valence-corrected chi connectivity index (χ3v) is 7.07. The zero-order valence-corrected chi connectivity index (χ0v) is 16.8. The Morgan fingerprint density at radius 2 is 1.78 bits per heavy atom. The summed E-state index contributed by atoms with van der Waals surface area (Å²) in [5.41, 5.74) is 2.48. The van der Waals surface area contributed by atoms with Crippen LogP contribution in [-0.4, -0.2) is 24.5 Å². The molecular formula is C21H23Cl2NO3. The second-order valence-corrected chi connectivity index (χ2v) is 8.91. The van der Waals surface area contributed by atoms with E-state index in [9.17, 15) is 0 Å². The van der Waals surface area contributed by atoms with Crippen LogP contribution in [0.3, 0.4) is 0 Å². The summed E-state index contributed by atoms with van der Waals surface area (Å²) in [4.78, 5) is 0. The van der Waals surface area contributed by atoms with Crippen molar-refractivity contribution in [2.24, 2.45) is 11.8 Å². The smallest absolute Gasteiger partial charge is 0.145 e. The highest BCUT2D eigenvalue weighted by atomic mass is 35.5. The van der Waals surface area contributed by atoms with Crippen molar-refractivity contribution in [1.29, 1.82) is 0 Å². The van der Waals surface area contributed by atoms with Gasteiger partial charge in [0.05, 0.1) is 28.9 Å². The van der Waals surface area contributed by atoms with Crippen molar-refractivity contribution in [1.82, 2.24) is 5.16 Å². The number of hydrogen-bond donors (Lipinski definition) is 0. The van der Waals surface area contributed by atoms with E-state index >= 15 is 0 Å². The molecule has 3 aliphatic rings. The van der Waals surface area contributed by atoms with E-state index in [0.717, 1.165) is 48.3 Å². The van der Waals surface area contributed by atoms with Gasteiger partial charge < -0.3 is 14.0 Å². The van der Waals surface area contributed by atoms with E-state index in [1.54, 1.807) is 0 Å². The van der Waals surface area contributed by atoms with Crippen LogP contribution in [0.5, 0.6) is 0 Å². The van der Waals surface area contributed by atoms with Gasteiger partial charge in [0, 0.05) is 24.2 Å². The minimum Gasteiger partial charge on any atom is -0.381 e. The SMILES string of the molecule is COC1CC2CC1C[C@@H]2OCc1c(-c2c(Cl)cccc2Cl)noc1C1CC1. The molecule has 4 atom stereocenters. The lowest BCUT2D eigenvalue weighted by molar-refractivity contribution is -0.0310. The predicted octanol–water partition coefficient (Wildman–Crippen LogP) is 5.86. The number of benzene rings is 1. The molecule has 0 amide bonds. The van der Waals surface area contributed by atoms with Crippen LogP contribution >= 0.6 is 23.2 Å². The lowest BCUT2D eigenvalue weighted by atomic mass is 9.95. The first-order valence-corrected chi connectivity index (χ1v) is 10.5. The molecule has 2 aromatic rings. The van der Waals surface area contributed by atoms with Crippen molar-refractivity contribution in [3.8, 4) is 11.3 Å². The topological polar surface area (TPSA) is 44.5 Å². The maximum absolute atomic E-state index is 6.43. The molecule has 144 valence electrons. The molecule has 0 aliphatic heterocycles. The first-order valence-electron chi connectivity index (χ1n) is 9.73. The Hall–Kier alpha value is -1.07. The summed E-state index contributed by atoms with van der Waals surface area (Å²) >= 11 is 12.9. The van der Waals surface area contributed by atoms with Crippen molar-refractivity contribution in [3.63, 3.8) is 0 Å². The van der Waals surface area contributed by atoms with Crippen LogP contribution in [0.4, 0.5) is 0 Å². The van der Waals surface area contributed by atoms with E-state index in [1.165, 1.54) is 6.42 Å². The van der Waals surface area contributed by atoms with Crippen molar-refractivity contribution < 1.29 is 14.0 Å². The molecule has 6 heteroatoms. The molecule has 0 spiro atoms. The summed E-state index contributed by atoms with van der Waals surface area (Å²) in [6.07, 6.45) is 6.38. The van der Waals surface area contributed by atoms with E-state index < -0.39 is 0 Å². The van der Waals surface area contributed by atoms with Gasteiger partial charge in [0.2, 0.25) is 0 Å². The summed E-state index contributed by atoms with van der Waals surface area (Å²) in [5, 5.41) is 5.51. The molecule has 2 bridgehead atoms. The molecule has 3 fully saturated rings. The van der Waals surface area contributed by atoms with Crippen LogP contribution in [0.2, 0.25) is 10.0 Å². The molecule has 3 saturated carbocycles. The number of hydrogen-bond acceptors (Lipinski definition) is 4. The number of aromatic nitrogens is 1. The number of ether oxygens (including phenoxy) is 2. The van der Waals surface area contributed by atoms with Gasteiger partial charge in [0.25, 0.3) is 0 Å². The Balaban J connectivity index is 1.40. The highest BCUT2D eigenvalue weighted by Crippen LogP contribution is 2.49. The fraction of sp³-hybridized carbons (Fsp3) is 0.571. The normalized spacial score (nSPS) is 29.6. The summed E-state index contributed by atoms with van der Waals surface area (Å²) in [6, 6.07) is 5.51. The van der Waals surface area contributed by atoms with Gasteiger partial charge >= 0.3 is 0 Å². The summed E-state index contributed by atoms with van der Waals surface area (Å²) in [7, 11) is 1.82. The van der Waals surface area contributed by atoms with Crippen LogP contribution < -0.4 is 0 Å². The van der Waals surface area contributed by atoms with Crippen molar-refractivity contribution >= 4 is 23.2 Å². The lowest BCUT2D eigenvalue weighted by Crippen LogP contribution is -2.28. The quantitative estimate of drug-likeness (QED) is 0.601. The minimum absolute atomic E-state index is 0.290. The minimum atomic E-state index is 0.290. The first kappa shape index (κ1) is 18.0. The van der Waals surface area contributed by atoms with E-state index in [0.29, 0.717) is 40.5 Å². The van der Waals surface area contributed by atoms with Crippen LogP contribution in [0, 0.1) is 11.8 Å². The maximum Gasteiger partial charge on any atom is 0.145 e. The molecule has 0 saturated heterocycles. The van der Waals surface area contributed by atoms with Crippen LogP contribution in [0.15, 0.2) is 22.7 Å². The maximum atomic E-state index is 6.43. The molecule has 3 unspecified atom stereocenters. The average molecular weight is 408 g/mol. The largest absolute Gasteiger partial charge is 0.381 e. The Bertz CT molecular complexity index is 828. The summed E-state index contributed by atoms with van der Waals surface area (Å²) < 4.78 is 17.7. The lowest BCUT2D eigenvalue weighted by Gasteiger charge is -2.27. The van der Waals surface area contributed by atoms with Gasteiger partial charge in [-0.15, -0.1) is 0 Å². The van der Waals surface area contributed by atoms with E-state index in [-0.39, 0.29) is 6.10 Å². The molecule has 27 heavy (non-hydrogen) atoms. The highest BCUT2D eigenvalue weighted by Gasteiger charge is 2.47. The van der Waals surface area contributed by atoms with E-state index in [2.05, 4.69) is 5.16 Å². The zero-order valence-electron chi connectivity index (χ0n) is 15.3. The van der Waals surface area contributed by atoms with Gasteiger partial charge in [-0.2, -0.15) is 0 Å². The van der Waals surface area contributed by atoms with Crippen molar-refractivity contribution in [3.05, 3.63) is 39.6 Å². The monoisotopic (exact) mass is 407 g/mol. The molecule has 4 nitrogen and oxygen atoms in total. The van der Waals surface area contributed by atoms with Gasteiger partial charge in [0.1, 0.15) is 11.5 Å². The Morgan fingerprint density at radius 3 is 2.41 bits per heavy atom. The van der Waals surface area contributed by atoms with Gasteiger partial charge in [-0.1, -0.05) is 34.4 Å². The third-order valence-electron chi connectivity index (χ3n) is 6.44. The molecule has 3 aliphatic carbocycles. The average Bonchev–Trinajstić information content (AvgIpc) is 3.12. The summed E-state index contributed by atoms with van der Waals surface area (Å²) in [6.45, 7) is 0.498. The number of fused-ring (bicyclic) bond motifs is 2. The fourth-order valence-electron chi connectivity index (χ4n) is 4.90. The van der Waals surface area contributed by atoms with Crippen LogP contribution in [0.1, 0.15) is 49.3 Å². The molecule has 1 aromatic heterocycles. The molecule has 1 aromatic carbocycles. The van der Waals surface area contributed by atoms with Crippen LogP contribution in [-0.2, 0) is 16.1 Å². The van der Waals surface area contributed by atoms with Crippen LogP contribution in [0.25, 0.3) is 11.3 Å². The fourth-order valence-corrected chi connectivity index (χ4v) is 5.48. The number of rotatable bonds is 6. The van der Waals surface area contributed by atoms with Crippen molar-refractivity contribution in [2.75, 3.05) is 7.11 Å². The molecule has 0 N–H and O–H groups in total. The molecular weight excluding hydrogens is 385 g/mol. The third kappa shape index (κ3) is 3.21. The van der Waals surface area contributed by atoms with Gasteiger partial charge in [-0.05, 0) is 56.1 Å². The summed E-state index contributed by atoms with van der Waals surface area (Å²) in [5.74, 6) is 2.62. The molecule has 5 rings (SSSR count). The van der Waals surface area contributed by atoms with Gasteiger partial charge in [-0.25, -0.2) is 0 Å². The Kier molecular flexibility index (Phi) is 4.71. The molecule has 1 heterocycles. The Labute approximate surface area is 169 Å². The zero-order chi connectivity index (χ0) is 18.5.